The number of aryl methyl sites for hydroxylation is 1. The number of carbonyl (C=O) groups is 2. The Bertz CT molecular complexity index is 1280. The summed E-state index contributed by atoms with van der Waals surface area (Å²) >= 11 is 19.0. The fraction of sp³-hybridized carbons (Fsp3) is 0.517. The second-order valence-corrected chi connectivity index (χ2v) is 13.5. The second kappa shape index (κ2) is 14.8. The van der Waals surface area contributed by atoms with Gasteiger partial charge in [0.25, 0.3) is 0 Å². The fourth-order valence-electron chi connectivity index (χ4n) is 5.15. The number of nitrogens with zero attached hydrogens (tertiary/aromatic N) is 2. The Morgan fingerprint density at radius 3 is 2.30 bits per heavy atom. The van der Waals surface area contributed by atoms with E-state index in [9.17, 15) is 18.0 Å². The van der Waals surface area contributed by atoms with Gasteiger partial charge in [-0.3, -0.25) is 13.9 Å². The van der Waals surface area contributed by atoms with Crippen molar-refractivity contribution in [2.75, 3.05) is 17.1 Å². The molecule has 2 aromatic rings. The van der Waals surface area contributed by atoms with E-state index in [4.69, 9.17) is 34.8 Å². The van der Waals surface area contributed by atoms with Crippen molar-refractivity contribution in [2.24, 2.45) is 0 Å². The number of rotatable bonds is 12. The molecule has 11 heteroatoms. The van der Waals surface area contributed by atoms with Crippen LogP contribution in [0.4, 0.5) is 5.69 Å². The van der Waals surface area contributed by atoms with E-state index in [0.29, 0.717) is 32.7 Å². The van der Waals surface area contributed by atoms with Gasteiger partial charge in [-0.05, 0) is 62.4 Å². The number of hydrogen-bond donors (Lipinski definition) is 1. The van der Waals surface area contributed by atoms with Gasteiger partial charge in [0, 0.05) is 46.2 Å². The van der Waals surface area contributed by atoms with Gasteiger partial charge in [0.15, 0.2) is 0 Å². The Labute approximate surface area is 253 Å². The van der Waals surface area contributed by atoms with Gasteiger partial charge in [0.1, 0.15) is 6.04 Å². The molecule has 7 nitrogen and oxygen atoms in total. The summed E-state index contributed by atoms with van der Waals surface area (Å²) < 4.78 is 26.6. The molecule has 0 radical (unpaired) electrons. The molecular formula is C29H38Cl3N3O4S. The maximum Gasteiger partial charge on any atom is 0.243 e. The number of nitrogens with one attached hydrogen (secondary N) is 1. The van der Waals surface area contributed by atoms with Gasteiger partial charge in [0.2, 0.25) is 21.8 Å². The average molecular weight is 631 g/mol. The van der Waals surface area contributed by atoms with Crippen LogP contribution in [0, 0.1) is 6.92 Å². The maximum atomic E-state index is 13.7. The van der Waals surface area contributed by atoms with Crippen LogP contribution >= 0.6 is 34.8 Å². The molecule has 1 atom stereocenters. The zero-order valence-electron chi connectivity index (χ0n) is 23.3. The number of benzene rings is 2. The monoisotopic (exact) mass is 629 g/mol. The van der Waals surface area contributed by atoms with Crippen LogP contribution in [0.2, 0.25) is 15.1 Å². The molecule has 0 bridgehead atoms. The first-order valence-electron chi connectivity index (χ1n) is 13.7. The summed E-state index contributed by atoms with van der Waals surface area (Å²) in [6.45, 7) is 3.82. The van der Waals surface area contributed by atoms with Gasteiger partial charge < -0.3 is 10.2 Å². The minimum Gasteiger partial charge on any atom is -0.352 e. The lowest BCUT2D eigenvalue weighted by molar-refractivity contribution is -0.141. The molecule has 0 spiro atoms. The zero-order chi connectivity index (χ0) is 29.4. The van der Waals surface area contributed by atoms with Crippen molar-refractivity contribution in [3.8, 4) is 0 Å². The Morgan fingerprint density at radius 2 is 1.70 bits per heavy atom. The van der Waals surface area contributed by atoms with Crippen LogP contribution in [0.1, 0.15) is 69.4 Å². The number of sulfonamides is 1. The first-order valence-corrected chi connectivity index (χ1v) is 16.7. The average Bonchev–Trinajstić information content (AvgIpc) is 2.89. The second-order valence-electron chi connectivity index (χ2n) is 10.4. The van der Waals surface area contributed by atoms with E-state index in [1.807, 2.05) is 6.92 Å². The fourth-order valence-corrected chi connectivity index (χ4v) is 6.85. The lowest BCUT2D eigenvalue weighted by Crippen LogP contribution is -2.51. The molecule has 0 heterocycles. The van der Waals surface area contributed by atoms with Gasteiger partial charge in [-0.15, -0.1) is 0 Å². The molecule has 40 heavy (non-hydrogen) atoms. The molecule has 0 aromatic heterocycles. The summed E-state index contributed by atoms with van der Waals surface area (Å²) in [4.78, 5) is 28.7. The molecule has 1 aliphatic carbocycles. The largest absolute Gasteiger partial charge is 0.352 e. The third-order valence-corrected chi connectivity index (χ3v) is 9.44. The van der Waals surface area contributed by atoms with Crippen LogP contribution < -0.4 is 9.62 Å². The van der Waals surface area contributed by atoms with Crippen molar-refractivity contribution in [3.05, 3.63) is 62.6 Å². The van der Waals surface area contributed by atoms with Gasteiger partial charge >= 0.3 is 0 Å². The normalized spacial score (nSPS) is 14.9. The highest BCUT2D eigenvalue weighted by atomic mass is 35.5. The Balaban J connectivity index is 1.82. The predicted octanol–water partition coefficient (Wildman–Crippen LogP) is 6.76. The van der Waals surface area contributed by atoms with E-state index in [2.05, 4.69) is 5.32 Å². The number of carbonyl (C=O) groups excluding carboxylic acids is 2. The molecule has 1 fully saturated rings. The van der Waals surface area contributed by atoms with E-state index in [-0.39, 0.29) is 43.8 Å². The highest BCUT2D eigenvalue weighted by Gasteiger charge is 2.31. The summed E-state index contributed by atoms with van der Waals surface area (Å²) in [6, 6.07) is 9.57. The molecule has 3 rings (SSSR count). The molecule has 0 saturated heterocycles. The van der Waals surface area contributed by atoms with E-state index in [0.717, 1.165) is 37.5 Å². The summed E-state index contributed by atoms with van der Waals surface area (Å²) in [6.07, 6.45) is 6.97. The SMILES string of the molecule is CCC(C(=O)NC1CCCCC1)N(Cc1c(Cl)cccc1Cl)C(=O)CCCN(c1cc(Cl)ccc1C)S(C)(=O)=O. The maximum absolute atomic E-state index is 13.7. The van der Waals surface area contributed by atoms with Crippen molar-refractivity contribution < 1.29 is 18.0 Å². The smallest absolute Gasteiger partial charge is 0.243 e. The summed E-state index contributed by atoms with van der Waals surface area (Å²) in [5.74, 6) is -0.476. The zero-order valence-corrected chi connectivity index (χ0v) is 26.3. The van der Waals surface area contributed by atoms with Crippen molar-refractivity contribution in [1.29, 1.82) is 0 Å². The predicted molar refractivity (Wildman–Crippen MR) is 164 cm³/mol. The van der Waals surface area contributed by atoms with E-state index < -0.39 is 16.1 Å². The molecule has 0 aliphatic heterocycles. The first-order chi connectivity index (χ1) is 18.9. The topological polar surface area (TPSA) is 86.8 Å². The van der Waals surface area contributed by atoms with Crippen LogP contribution in [0.5, 0.6) is 0 Å². The van der Waals surface area contributed by atoms with Crippen molar-refractivity contribution in [2.45, 2.75) is 83.8 Å². The lowest BCUT2D eigenvalue weighted by Gasteiger charge is -2.33. The lowest BCUT2D eigenvalue weighted by atomic mass is 9.95. The summed E-state index contributed by atoms with van der Waals surface area (Å²) in [5, 5.41) is 4.39. The first kappa shape index (κ1) is 32.5. The third-order valence-electron chi connectivity index (χ3n) is 7.32. The minimum atomic E-state index is -3.64. The van der Waals surface area contributed by atoms with Crippen LogP contribution in [0.15, 0.2) is 36.4 Å². The van der Waals surface area contributed by atoms with Crippen molar-refractivity contribution in [1.82, 2.24) is 10.2 Å². The molecular weight excluding hydrogens is 593 g/mol. The van der Waals surface area contributed by atoms with Gasteiger partial charge in [0.05, 0.1) is 11.9 Å². The Morgan fingerprint density at radius 1 is 1.05 bits per heavy atom. The van der Waals surface area contributed by atoms with Gasteiger partial charge in [-0.2, -0.15) is 0 Å². The number of amides is 2. The van der Waals surface area contributed by atoms with Crippen molar-refractivity contribution in [3.63, 3.8) is 0 Å². The highest BCUT2D eigenvalue weighted by molar-refractivity contribution is 7.92. The van der Waals surface area contributed by atoms with Crippen LogP contribution in [0.25, 0.3) is 0 Å². The number of hydrogen-bond acceptors (Lipinski definition) is 4. The van der Waals surface area contributed by atoms with Gasteiger partial charge in [-0.25, -0.2) is 8.42 Å². The number of anilines is 1. The molecule has 1 N–H and O–H groups in total. The molecule has 2 aromatic carbocycles. The molecule has 220 valence electrons. The molecule has 1 saturated carbocycles. The Kier molecular flexibility index (Phi) is 12.0. The quantitative estimate of drug-likeness (QED) is 0.281. The highest BCUT2D eigenvalue weighted by Crippen LogP contribution is 2.29. The van der Waals surface area contributed by atoms with E-state index in [1.165, 1.54) is 15.6 Å². The summed E-state index contributed by atoms with van der Waals surface area (Å²) in [5.41, 5.74) is 1.79. The molecule has 1 aliphatic rings. The molecule has 1 unspecified atom stereocenters. The minimum absolute atomic E-state index is 0.0287. The van der Waals surface area contributed by atoms with E-state index >= 15 is 0 Å². The van der Waals surface area contributed by atoms with Crippen LogP contribution in [0.3, 0.4) is 0 Å². The van der Waals surface area contributed by atoms with E-state index in [1.54, 1.807) is 43.3 Å². The Hall–Kier alpha value is -2.00. The third kappa shape index (κ3) is 8.75. The molecule has 2 amide bonds. The van der Waals surface area contributed by atoms with Gasteiger partial charge in [-0.1, -0.05) is 73.1 Å². The standard InChI is InChI=1S/C29H38Cl3N3O4S/c1-4-26(29(37)33-22-10-6-5-7-11-22)34(19-23-24(31)12-8-13-25(23)32)28(36)14-9-17-35(40(3,38)39)27-18-21(30)16-15-20(27)2/h8,12-13,15-16,18,22,26H,4-7,9-11,14,17,19H2,1-3H3,(H,33,37). The summed E-state index contributed by atoms with van der Waals surface area (Å²) in [7, 11) is -3.64. The van der Waals surface area contributed by atoms with Crippen molar-refractivity contribution >= 4 is 62.3 Å². The van der Waals surface area contributed by atoms with Crippen LogP contribution in [-0.2, 0) is 26.2 Å². The number of halogens is 3. The van der Waals surface area contributed by atoms with Crippen LogP contribution in [-0.4, -0.2) is 50.0 Å².